The summed E-state index contributed by atoms with van der Waals surface area (Å²) in [6.07, 6.45) is 0.284. The Hall–Kier alpha value is -0.600. The molecule has 5 heteroatoms. The van der Waals surface area contributed by atoms with E-state index < -0.39 is 10.0 Å². The van der Waals surface area contributed by atoms with Gasteiger partial charge in [0.15, 0.2) is 0 Å². The van der Waals surface area contributed by atoms with Crippen molar-refractivity contribution < 1.29 is 8.42 Å². The van der Waals surface area contributed by atoms with E-state index in [0.29, 0.717) is 13.1 Å². The Morgan fingerprint density at radius 2 is 2.33 bits per heavy atom. The van der Waals surface area contributed by atoms with Crippen molar-refractivity contribution in [3.05, 3.63) is 0 Å². The topological polar surface area (TPSA) is 61.2 Å². The quantitative estimate of drug-likeness (QED) is 0.621. The molecule has 1 unspecified atom stereocenters. The van der Waals surface area contributed by atoms with Crippen molar-refractivity contribution >= 4 is 10.0 Å². The molecule has 1 saturated heterocycles. The van der Waals surface area contributed by atoms with Crippen LogP contribution in [-0.2, 0) is 10.0 Å². The molecule has 68 valence electrons. The van der Waals surface area contributed by atoms with Crippen LogP contribution in [0.3, 0.4) is 0 Å². The van der Waals surface area contributed by atoms with Crippen LogP contribution in [0.25, 0.3) is 0 Å². The first kappa shape index (κ1) is 9.49. The molecular weight excluding hydrogens is 176 g/mol. The highest BCUT2D eigenvalue weighted by atomic mass is 32.2. The van der Waals surface area contributed by atoms with Gasteiger partial charge in [-0.15, -0.1) is 0 Å². The van der Waals surface area contributed by atoms with E-state index in [1.165, 1.54) is 4.31 Å². The second-order valence-electron chi connectivity index (χ2n) is 3.15. The summed E-state index contributed by atoms with van der Waals surface area (Å²) in [7, 11) is -3.03. The Morgan fingerprint density at radius 3 is 2.75 bits per heavy atom. The molecule has 1 aliphatic heterocycles. The van der Waals surface area contributed by atoms with Gasteiger partial charge in [-0.2, -0.15) is 5.26 Å². The van der Waals surface area contributed by atoms with Crippen LogP contribution >= 0.6 is 0 Å². The van der Waals surface area contributed by atoms with Crippen molar-refractivity contribution in [3.8, 4) is 6.07 Å². The van der Waals surface area contributed by atoms with E-state index >= 15 is 0 Å². The second kappa shape index (κ2) is 3.42. The zero-order chi connectivity index (χ0) is 9.19. The minimum absolute atomic E-state index is 0.202. The predicted molar refractivity (Wildman–Crippen MR) is 44.8 cm³/mol. The summed E-state index contributed by atoms with van der Waals surface area (Å²) >= 11 is 0. The highest BCUT2D eigenvalue weighted by Gasteiger charge is 2.32. The maximum Gasteiger partial charge on any atom is 0.214 e. The molecule has 0 spiro atoms. The Balaban J connectivity index is 2.61. The van der Waals surface area contributed by atoms with Gasteiger partial charge in [0.1, 0.15) is 0 Å². The number of sulfonamides is 1. The number of nitrogens with zero attached hydrogens (tertiary/aromatic N) is 2. The standard InChI is InChI=1S/C7H12N2O2S/c1-7-5-9(4-2-3-8)12(10,11)6-7/h7H,2,4-6H2,1H3. The van der Waals surface area contributed by atoms with Gasteiger partial charge in [0, 0.05) is 19.5 Å². The van der Waals surface area contributed by atoms with Crippen LogP contribution in [0.2, 0.25) is 0 Å². The lowest BCUT2D eigenvalue weighted by Gasteiger charge is -2.11. The molecule has 0 saturated carbocycles. The predicted octanol–water partition coefficient (Wildman–Crippen LogP) is 0.182. The molecule has 1 fully saturated rings. The van der Waals surface area contributed by atoms with Gasteiger partial charge in [0.25, 0.3) is 0 Å². The summed E-state index contributed by atoms with van der Waals surface area (Å²) in [6.45, 7) is 2.83. The summed E-state index contributed by atoms with van der Waals surface area (Å²) in [5, 5.41) is 8.29. The van der Waals surface area contributed by atoms with Gasteiger partial charge < -0.3 is 0 Å². The molecular formula is C7H12N2O2S. The molecule has 1 atom stereocenters. The van der Waals surface area contributed by atoms with Gasteiger partial charge in [0.2, 0.25) is 10.0 Å². The normalized spacial score (nSPS) is 28.5. The molecule has 4 nitrogen and oxygen atoms in total. The lowest BCUT2D eigenvalue weighted by molar-refractivity contribution is 0.421. The molecule has 0 N–H and O–H groups in total. The van der Waals surface area contributed by atoms with Crippen LogP contribution in [0.5, 0.6) is 0 Å². The van der Waals surface area contributed by atoms with Crippen molar-refractivity contribution in [2.75, 3.05) is 18.8 Å². The van der Waals surface area contributed by atoms with Gasteiger partial charge in [-0.25, -0.2) is 12.7 Å². The van der Waals surface area contributed by atoms with E-state index in [1.807, 2.05) is 13.0 Å². The molecule has 0 aliphatic carbocycles. The molecule has 0 aromatic carbocycles. The molecule has 0 aromatic rings. The summed E-state index contributed by atoms with van der Waals surface area (Å²) in [6, 6.07) is 1.94. The van der Waals surface area contributed by atoms with Gasteiger partial charge in [-0.1, -0.05) is 6.92 Å². The SMILES string of the molecule is CC1CN(CCC#N)S(=O)(=O)C1. The third-order valence-corrected chi connectivity index (χ3v) is 3.99. The maximum atomic E-state index is 11.3. The van der Waals surface area contributed by atoms with E-state index in [2.05, 4.69) is 0 Å². The van der Waals surface area contributed by atoms with Gasteiger partial charge in [-0.3, -0.25) is 0 Å². The fraction of sp³-hybridized carbons (Fsp3) is 0.857. The van der Waals surface area contributed by atoms with E-state index in [9.17, 15) is 8.42 Å². The molecule has 1 rings (SSSR count). The number of nitriles is 1. The van der Waals surface area contributed by atoms with Crippen LogP contribution in [0.15, 0.2) is 0 Å². The van der Waals surface area contributed by atoms with E-state index in [4.69, 9.17) is 5.26 Å². The Kier molecular flexibility index (Phi) is 2.70. The lowest BCUT2D eigenvalue weighted by Crippen LogP contribution is -2.26. The Morgan fingerprint density at radius 1 is 1.67 bits per heavy atom. The van der Waals surface area contributed by atoms with Gasteiger partial charge in [0.05, 0.1) is 11.8 Å². The average molecular weight is 188 g/mol. The van der Waals surface area contributed by atoms with Crippen LogP contribution in [0, 0.1) is 17.2 Å². The molecule has 1 heterocycles. The second-order valence-corrected chi connectivity index (χ2v) is 5.16. The van der Waals surface area contributed by atoms with E-state index in [0.717, 1.165) is 0 Å². The summed E-state index contributed by atoms with van der Waals surface area (Å²) in [5.41, 5.74) is 0. The third kappa shape index (κ3) is 1.96. The van der Waals surface area contributed by atoms with Gasteiger partial charge in [-0.05, 0) is 5.92 Å². The van der Waals surface area contributed by atoms with Crippen LogP contribution in [0.4, 0.5) is 0 Å². The molecule has 0 bridgehead atoms. The maximum absolute atomic E-state index is 11.3. The third-order valence-electron chi connectivity index (χ3n) is 1.88. The first-order chi connectivity index (χ1) is 5.56. The first-order valence-corrected chi connectivity index (χ1v) is 5.52. The minimum atomic E-state index is -3.03. The summed E-state index contributed by atoms with van der Waals surface area (Å²) in [4.78, 5) is 0. The number of hydrogen-bond acceptors (Lipinski definition) is 3. The van der Waals surface area contributed by atoms with Crippen molar-refractivity contribution in [2.45, 2.75) is 13.3 Å². The molecule has 12 heavy (non-hydrogen) atoms. The van der Waals surface area contributed by atoms with Crippen LogP contribution in [-0.4, -0.2) is 31.6 Å². The smallest absolute Gasteiger partial charge is 0.212 e. The molecule has 0 amide bonds. The van der Waals surface area contributed by atoms with Crippen molar-refractivity contribution in [3.63, 3.8) is 0 Å². The lowest BCUT2D eigenvalue weighted by atomic mass is 10.2. The molecule has 0 radical (unpaired) electrons. The highest BCUT2D eigenvalue weighted by molar-refractivity contribution is 7.89. The van der Waals surface area contributed by atoms with Crippen molar-refractivity contribution in [1.29, 1.82) is 5.26 Å². The van der Waals surface area contributed by atoms with Crippen molar-refractivity contribution in [1.82, 2.24) is 4.31 Å². The van der Waals surface area contributed by atoms with E-state index in [-0.39, 0.29) is 18.1 Å². The summed E-state index contributed by atoms with van der Waals surface area (Å²) in [5.74, 6) is 0.437. The highest BCUT2D eigenvalue weighted by Crippen LogP contribution is 2.18. The van der Waals surface area contributed by atoms with Crippen LogP contribution < -0.4 is 0 Å². The Bertz CT molecular complexity index is 291. The fourth-order valence-corrected chi connectivity index (χ4v) is 3.27. The average Bonchev–Trinajstić information content (AvgIpc) is 2.20. The molecule has 0 aromatic heterocycles. The van der Waals surface area contributed by atoms with Crippen molar-refractivity contribution in [2.24, 2.45) is 5.92 Å². The zero-order valence-corrected chi connectivity index (χ0v) is 7.84. The first-order valence-electron chi connectivity index (χ1n) is 3.91. The molecule has 1 aliphatic rings. The zero-order valence-electron chi connectivity index (χ0n) is 7.02. The van der Waals surface area contributed by atoms with E-state index in [1.54, 1.807) is 0 Å². The largest absolute Gasteiger partial charge is 0.214 e. The fourth-order valence-electron chi connectivity index (χ4n) is 1.38. The Labute approximate surface area is 72.8 Å². The van der Waals surface area contributed by atoms with Crippen LogP contribution in [0.1, 0.15) is 13.3 Å². The summed E-state index contributed by atoms with van der Waals surface area (Å²) < 4.78 is 24.0. The van der Waals surface area contributed by atoms with Gasteiger partial charge >= 0.3 is 0 Å². The number of hydrogen-bond donors (Lipinski definition) is 0. The minimum Gasteiger partial charge on any atom is -0.212 e. The number of rotatable bonds is 2. The monoisotopic (exact) mass is 188 g/mol.